The molecule has 2 aromatic carbocycles. The smallest absolute Gasteiger partial charge is 0.255 e. The highest BCUT2D eigenvalue weighted by Gasteiger charge is 2.14. The van der Waals surface area contributed by atoms with Crippen LogP contribution in [0.2, 0.25) is 0 Å². The lowest BCUT2D eigenvalue weighted by Gasteiger charge is -2.08. The first kappa shape index (κ1) is 14.3. The fourth-order valence-corrected chi connectivity index (χ4v) is 2.57. The van der Waals surface area contributed by atoms with Gasteiger partial charge in [0.15, 0.2) is 11.5 Å². The molecular formula is C18H15N3O3. The van der Waals surface area contributed by atoms with Crippen LogP contribution < -0.4 is 14.8 Å². The number of aryl methyl sites for hydroxylation is 1. The van der Waals surface area contributed by atoms with Crippen LogP contribution in [0.25, 0.3) is 5.69 Å². The molecule has 0 unspecified atom stereocenters. The standard InChI is InChI=1S/C18H15N3O3/c1-12-8-9-19-21(12)15-5-2-13(3-6-15)18(22)20-14-4-7-16-17(10-14)24-11-23-16/h2-10H,11H2,1H3,(H,20,22). The highest BCUT2D eigenvalue weighted by Crippen LogP contribution is 2.34. The molecule has 1 N–H and O–H groups in total. The molecule has 120 valence electrons. The lowest BCUT2D eigenvalue weighted by molar-refractivity contribution is 0.102. The molecular weight excluding hydrogens is 306 g/mol. The fraction of sp³-hybridized carbons (Fsp3) is 0.111. The van der Waals surface area contributed by atoms with Crippen LogP contribution in [0.5, 0.6) is 11.5 Å². The molecule has 0 saturated carbocycles. The third-order valence-corrected chi connectivity index (χ3v) is 3.84. The van der Waals surface area contributed by atoms with Crippen molar-refractivity contribution >= 4 is 11.6 Å². The van der Waals surface area contributed by atoms with E-state index in [1.54, 1.807) is 36.5 Å². The van der Waals surface area contributed by atoms with Gasteiger partial charge in [0.1, 0.15) is 0 Å². The zero-order chi connectivity index (χ0) is 16.5. The Hall–Kier alpha value is -3.28. The quantitative estimate of drug-likeness (QED) is 0.805. The number of nitrogens with one attached hydrogen (secondary N) is 1. The Morgan fingerprint density at radius 2 is 1.88 bits per heavy atom. The van der Waals surface area contributed by atoms with E-state index in [-0.39, 0.29) is 12.7 Å². The number of benzene rings is 2. The maximum Gasteiger partial charge on any atom is 0.255 e. The lowest BCUT2D eigenvalue weighted by Crippen LogP contribution is -2.12. The second kappa shape index (κ2) is 5.73. The van der Waals surface area contributed by atoms with Crippen molar-refractivity contribution in [2.24, 2.45) is 0 Å². The summed E-state index contributed by atoms with van der Waals surface area (Å²) in [5.41, 5.74) is 3.18. The summed E-state index contributed by atoms with van der Waals surface area (Å²) in [4.78, 5) is 12.4. The maximum atomic E-state index is 12.4. The third-order valence-electron chi connectivity index (χ3n) is 3.84. The normalized spacial score (nSPS) is 12.2. The van der Waals surface area contributed by atoms with E-state index in [4.69, 9.17) is 9.47 Å². The molecule has 0 spiro atoms. The SMILES string of the molecule is Cc1ccnn1-c1ccc(C(=O)Nc2ccc3c(c2)OCO3)cc1. The van der Waals surface area contributed by atoms with Crippen molar-refractivity contribution in [3.05, 3.63) is 66.0 Å². The Bertz CT molecular complexity index is 900. The number of aromatic nitrogens is 2. The highest BCUT2D eigenvalue weighted by atomic mass is 16.7. The Balaban J connectivity index is 1.51. The molecule has 1 amide bonds. The summed E-state index contributed by atoms with van der Waals surface area (Å²) in [5, 5.41) is 7.11. The first-order valence-electron chi connectivity index (χ1n) is 7.53. The van der Waals surface area contributed by atoms with Crippen LogP contribution in [0.1, 0.15) is 16.1 Å². The fourth-order valence-electron chi connectivity index (χ4n) is 2.57. The van der Waals surface area contributed by atoms with E-state index in [0.29, 0.717) is 22.7 Å². The van der Waals surface area contributed by atoms with E-state index >= 15 is 0 Å². The predicted molar refractivity (Wildman–Crippen MR) is 88.8 cm³/mol. The van der Waals surface area contributed by atoms with Crippen molar-refractivity contribution in [1.82, 2.24) is 9.78 Å². The molecule has 3 aromatic rings. The first-order chi connectivity index (χ1) is 11.7. The average Bonchev–Trinajstić information content (AvgIpc) is 3.23. The van der Waals surface area contributed by atoms with Gasteiger partial charge in [-0.2, -0.15) is 5.10 Å². The molecule has 1 aliphatic heterocycles. The summed E-state index contributed by atoms with van der Waals surface area (Å²) < 4.78 is 12.4. The van der Waals surface area contributed by atoms with E-state index in [1.165, 1.54) is 0 Å². The van der Waals surface area contributed by atoms with Gasteiger partial charge in [-0.3, -0.25) is 4.79 Å². The number of nitrogens with zero attached hydrogens (tertiary/aromatic N) is 2. The number of carbonyl (C=O) groups excluding carboxylic acids is 1. The second-order valence-corrected chi connectivity index (χ2v) is 5.45. The molecule has 0 saturated heterocycles. The summed E-state index contributed by atoms with van der Waals surface area (Å²) in [6, 6.07) is 14.5. The number of hydrogen-bond donors (Lipinski definition) is 1. The summed E-state index contributed by atoms with van der Waals surface area (Å²) in [5.74, 6) is 1.14. The van der Waals surface area contributed by atoms with Crippen LogP contribution in [-0.4, -0.2) is 22.5 Å². The van der Waals surface area contributed by atoms with Crippen LogP contribution in [0.15, 0.2) is 54.7 Å². The number of hydrogen-bond acceptors (Lipinski definition) is 4. The van der Waals surface area contributed by atoms with Crippen molar-refractivity contribution in [3.8, 4) is 17.2 Å². The number of carbonyl (C=O) groups is 1. The largest absolute Gasteiger partial charge is 0.454 e. The molecule has 2 heterocycles. The topological polar surface area (TPSA) is 65.4 Å². The van der Waals surface area contributed by atoms with E-state index in [0.717, 1.165) is 11.4 Å². The maximum absolute atomic E-state index is 12.4. The van der Waals surface area contributed by atoms with Gasteiger partial charge < -0.3 is 14.8 Å². The lowest BCUT2D eigenvalue weighted by atomic mass is 10.2. The van der Waals surface area contributed by atoms with Crippen molar-refractivity contribution < 1.29 is 14.3 Å². The zero-order valence-corrected chi connectivity index (χ0v) is 13.0. The second-order valence-electron chi connectivity index (χ2n) is 5.45. The minimum atomic E-state index is -0.183. The number of ether oxygens (including phenoxy) is 2. The minimum absolute atomic E-state index is 0.183. The van der Waals surface area contributed by atoms with Gasteiger partial charge in [0.25, 0.3) is 5.91 Å². The van der Waals surface area contributed by atoms with Gasteiger partial charge in [-0.1, -0.05) is 0 Å². The van der Waals surface area contributed by atoms with Crippen LogP contribution in [-0.2, 0) is 0 Å². The molecule has 0 radical (unpaired) electrons. The molecule has 1 aliphatic rings. The van der Waals surface area contributed by atoms with Gasteiger partial charge in [0, 0.05) is 29.2 Å². The van der Waals surface area contributed by atoms with Crippen molar-refractivity contribution in [2.45, 2.75) is 6.92 Å². The van der Waals surface area contributed by atoms with Crippen LogP contribution in [0.3, 0.4) is 0 Å². The molecule has 0 fully saturated rings. The highest BCUT2D eigenvalue weighted by molar-refractivity contribution is 6.04. The molecule has 1 aromatic heterocycles. The van der Waals surface area contributed by atoms with Gasteiger partial charge in [-0.25, -0.2) is 4.68 Å². The van der Waals surface area contributed by atoms with E-state index in [2.05, 4.69) is 10.4 Å². The monoisotopic (exact) mass is 321 g/mol. The van der Waals surface area contributed by atoms with Crippen LogP contribution >= 0.6 is 0 Å². The van der Waals surface area contributed by atoms with Gasteiger partial charge in [-0.15, -0.1) is 0 Å². The number of rotatable bonds is 3. The van der Waals surface area contributed by atoms with E-state index < -0.39 is 0 Å². The molecule has 0 aliphatic carbocycles. The third kappa shape index (κ3) is 2.58. The first-order valence-corrected chi connectivity index (χ1v) is 7.53. The summed E-state index contributed by atoms with van der Waals surface area (Å²) in [6.45, 7) is 2.19. The number of anilines is 1. The molecule has 24 heavy (non-hydrogen) atoms. The average molecular weight is 321 g/mol. The molecule has 6 nitrogen and oxygen atoms in total. The van der Waals surface area contributed by atoms with Crippen molar-refractivity contribution in [3.63, 3.8) is 0 Å². The Morgan fingerprint density at radius 1 is 1.08 bits per heavy atom. The molecule has 4 rings (SSSR count). The summed E-state index contributed by atoms with van der Waals surface area (Å²) >= 11 is 0. The van der Waals surface area contributed by atoms with Gasteiger partial charge in [-0.05, 0) is 49.4 Å². The Morgan fingerprint density at radius 3 is 2.62 bits per heavy atom. The summed E-state index contributed by atoms with van der Waals surface area (Å²) in [6.07, 6.45) is 1.75. The zero-order valence-electron chi connectivity index (χ0n) is 13.0. The van der Waals surface area contributed by atoms with Gasteiger partial charge in [0.05, 0.1) is 5.69 Å². The van der Waals surface area contributed by atoms with E-state index in [1.807, 2.05) is 29.8 Å². The summed E-state index contributed by atoms with van der Waals surface area (Å²) in [7, 11) is 0. The van der Waals surface area contributed by atoms with Crippen LogP contribution in [0.4, 0.5) is 5.69 Å². The van der Waals surface area contributed by atoms with Crippen LogP contribution in [0, 0.1) is 6.92 Å². The van der Waals surface area contributed by atoms with Gasteiger partial charge in [0.2, 0.25) is 6.79 Å². The van der Waals surface area contributed by atoms with Crippen molar-refractivity contribution in [1.29, 1.82) is 0 Å². The predicted octanol–water partition coefficient (Wildman–Crippen LogP) is 3.16. The molecule has 0 atom stereocenters. The number of amides is 1. The van der Waals surface area contributed by atoms with E-state index in [9.17, 15) is 4.79 Å². The van der Waals surface area contributed by atoms with Crippen molar-refractivity contribution in [2.75, 3.05) is 12.1 Å². The minimum Gasteiger partial charge on any atom is -0.454 e. The Labute approximate surface area is 138 Å². The number of fused-ring (bicyclic) bond motifs is 1. The molecule has 0 bridgehead atoms. The molecule has 6 heteroatoms. The Kier molecular flexibility index (Phi) is 3.42. The van der Waals surface area contributed by atoms with Gasteiger partial charge >= 0.3 is 0 Å².